The van der Waals surface area contributed by atoms with Gasteiger partial charge in [-0.05, 0) is 18.8 Å². The predicted octanol–water partition coefficient (Wildman–Crippen LogP) is 1.54. The molecule has 1 fully saturated rings. The Morgan fingerprint density at radius 3 is 2.44 bits per heavy atom. The van der Waals surface area contributed by atoms with Gasteiger partial charge < -0.3 is 5.21 Å². The highest BCUT2D eigenvalue weighted by atomic mass is 16.5. The van der Waals surface area contributed by atoms with Crippen LogP contribution < -0.4 is 5.48 Å². The van der Waals surface area contributed by atoms with Crippen molar-refractivity contribution in [2.24, 2.45) is 5.92 Å². The SMILES string of the molecule is CC1CCCCC1NO. The Balaban J connectivity index is 2.30. The molecule has 1 aliphatic rings. The lowest BCUT2D eigenvalue weighted by atomic mass is 9.86. The van der Waals surface area contributed by atoms with Gasteiger partial charge in [-0.1, -0.05) is 19.8 Å². The van der Waals surface area contributed by atoms with E-state index in [-0.39, 0.29) is 0 Å². The van der Waals surface area contributed by atoms with Gasteiger partial charge in [0.25, 0.3) is 0 Å². The van der Waals surface area contributed by atoms with Crippen LogP contribution in [0.1, 0.15) is 32.6 Å². The maximum Gasteiger partial charge on any atom is 0.0345 e. The molecule has 2 heteroatoms. The standard InChI is InChI=1S/C7H15NO/c1-6-4-2-3-5-7(6)8-9/h6-9H,2-5H2,1H3. The summed E-state index contributed by atoms with van der Waals surface area (Å²) in [5.74, 6) is 0.656. The molecule has 1 rings (SSSR count). The first kappa shape index (κ1) is 7.03. The number of hydroxylamine groups is 1. The highest BCUT2D eigenvalue weighted by Crippen LogP contribution is 2.22. The van der Waals surface area contributed by atoms with E-state index in [0.717, 1.165) is 6.42 Å². The molecular formula is C7H15NO. The molecule has 1 aliphatic carbocycles. The molecule has 2 unspecified atom stereocenters. The van der Waals surface area contributed by atoms with Crippen molar-refractivity contribution in [1.29, 1.82) is 0 Å². The first-order chi connectivity index (χ1) is 4.34. The van der Waals surface area contributed by atoms with Crippen LogP contribution in [0, 0.1) is 5.92 Å². The van der Waals surface area contributed by atoms with Gasteiger partial charge in [-0.15, -0.1) is 0 Å². The third-order valence-electron chi connectivity index (χ3n) is 2.28. The summed E-state index contributed by atoms with van der Waals surface area (Å²) in [7, 11) is 0. The van der Waals surface area contributed by atoms with E-state index in [0.29, 0.717) is 12.0 Å². The van der Waals surface area contributed by atoms with Crippen LogP contribution in [0.4, 0.5) is 0 Å². The molecule has 54 valence electrons. The number of hydrogen-bond acceptors (Lipinski definition) is 2. The van der Waals surface area contributed by atoms with Gasteiger partial charge in [0.05, 0.1) is 0 Å². The molecule has 0 aromatic heterocycles. The maximum atomic E-state index is 8.61. The lowest BCUT2D eigenvalue weighted by molar-refractivity contribution is 0.0810. The molecular weight excluding hydrogens is 114 g/mol. The van der Waals surface area contributed by atoms with Crippen molar-refractivity contribution in [1.82, 2.24) is 5.48 Å². The van der Waals surface area contributed by atoms with Gasteiger partial charge in [0.1, 0.15) is 0 Å². The minimum absolute atomic E-state index is 0.360. The Hall–Kier alpha value is -0.0800. The van der Waals surface area contributed by atoms with Crippen molar-refractivity contribution in [3.63, 3.8) is 0 Å². The second kappa shape index (κ2) is 3.18. The Bertz CT molecular complexity index is 85.0. The fourth-order valence-electron chi connectivity index (χ4n) is 1.51. The zero-order valence-electron chi connectivity index (χ0n) is 5.93. The Morgan fingerprint density at radius 1 is 1.33 bits per heavy atom. The van der Waals surface area contributed by atoms with Crippen LogP contribution in [0.2, 0.25) is 0 Å². The average Bonchev–Trinajstić information content (AvgIpc) is 1.89. The van der Waals surface area contributed by atoms with E-state index in [1.165, 1.54) is 19.3 Å². The first-order valence-electron chi connectivity index (χ1n) is 3.74. The number of hydrogen-bond donors (Lipinski definition) is 2. The van der Waals surface area contributed by atoms with Crippen LogP contribution in [-0.4, -0.2) is 11.2 Å². The largest absolute Gasteiger partial charge is 0.317 e. The number of nitrogens with one attached hydrogen (secondary N) is 1. The van der Waals surface area contributed by atoms with E-state index in [9.17, 15) is 0 Å². The number of rotatable bonds is 1. The fourth-order valence-corrected chi connectivity index (χ4v) is 1.51. The highest BCUT2D eigenvalue weighted by Gasteiger charge is 2.19. The van der Waals surface area contributed by atoms with E-state index in [4.69, 9.17) is 5.21 Å². The molecule has 2 N–H and O–H groups in total. The van der Waals surface area contributed by atoms with Crippen LogP contribution in [-0.2, 0) is 0 Å². The normalized spacial score (nSPS) is 36.7. The molecule has 0 aromatic rings. The summed E-state index contributed by atoms with van der Waals surface area (Å²) in [6.07, 6.45) is 5.00. The molecule has 0 aliphatic heterocycles. The monoisotopic (exact) mass is 129 g/mol. The summed E-state index contributed by atoms with van der Waals surface area (Å²) in [6.45, 7) is 2.19. The van der Waals surface area contributed by atoms with Gasteiger partial charge in [-0.25, -0.2) is 5.48 Å². The van der Waals surface area contributed by atoms with Crippen molar-refractivity contribution < 1.29 is 5.21 Å². The van der Waals surface area contributed by atoms with E-state index in [1.807, 2.05) is 0 Å². The lowest BCUT2D eigenvalue weighted by Crippen LogP contribution is -2.34. The second-order valence-corrected chi connectivity index (χ2v) is 3.00. The topological polar surface area (TPSA) is 32.3 Å². The molecule has 0 saturated heterocycles. The lowest BCUT2D eigenvalue weighted by Gasteiger charge is -2.26. The Kier molecular flexibility index (Phi) is 2.49. The summed E-state index contributed by atoms with van der Waals surface area (Å²) in [6, 6.07) is 0.360. The maximum absolute atomic E-state index is 8.61. The van der Waals surface area contributed by atoms with Gasteiger partial charge in [0.2, 0.25) is 0 Å². The Labute approximate surface area is 56.2 Å². The van der Waals surface area contributed by atoms with Crippen molar-refractivity contribution >= 4 is 0 Å². The summed E-state index contributed by atoms with van der Waals surface area (Å²) >= 11 is 0. The molecule has 9 heavy (non-hydrogen) atoms. The molecule has 0 heterocycles. The zero-order chi connectivity index (χ0) is 6.69. The Morgan fingerprint density at radius 2 is 2.00 bits per heavy atom. The van der Waals surface area contributed by atoms with Crippen LogP contribution in [0.25, 0.3) is 0 Å². The molecule has 0 amide bonds. The van der Waals surface area contributed by atoms with Crippen LogP contribution in [0.5, 0.6) is 0 Å². The highest BCUT2D eigenvalue weighted by molar-refractivity contribution is 4.74. The van der Waals surface area contributed by atoms with Gasteiger partial charge in [0.15, 0.2) is 0 Å². The van der Waals surface area contributed by atoms with E-state index in [2.05, 4.69) is 12.4 Å². The molecule has 0 aromatic carbocycles. The van der Waals surface area contributed by atoms with E-state index < -0.39 is 0 Å². The first-order valence-corrected chi connectivity index (χ1v) is 3.74. The fraction of sp³-hybridized carbons (Fsp3) is 1.00. The van der Waals surface area contributed by atoms with Crippen molar-refractivity contribution in [3.8, 4) is 0 Å². The third-order valence-corrected chi connectivity index (χ3v) is 2.28. The van der Waals surface area contributed by atoms with E-state index >= 15 is 0 Å². The molecule has 0 radical (unpaired) electrons. The quantitative estimate of drug-likeness (QED) is 0.526. The minimum Gasteiger partial charge on any atom is -0.317 e. The smallest absolute Gasteiger partial charge is 0.0345 e. The second-order valence-electron chi connectivity index (χ2n) is 3.00. The van der Waals surface area contributed by atoms with Crippen molar-refractivity contribution in [3.05, 3.63) is 0 Å². The molecule has 2 atom stereocenters. The van der Waals surface area contributed by atoms with Crippen molar-refractivity contribution in [2.75, 3.05) is 0 Å². The zero-order valence-corrected chi connectivity index (χ0v) is 5.93. The average molecular weight is 129 g/mol. The minimum atomic E-state index is 0.360. The van der Waals surface area contributed by atoms with Gasteiger partial charge >= 0.3 is 0 Å². The van der Waals surface area contributed by atoms with Crippen LogP contribution in [0.15, 0.2) is 0 Å². The predicted molar refractivity (Wildman–Crippen MR) is 36.3 cm³/mol. The van der Waals surface area contributed by atoms with Crippen LogP contribution in [0.3, 0.4) is 0 Å². The van der Waals surface area contributed by atoms with Crippen molar-refractivity contribution in [2.45, 2.75) is 38.6 Å². The van der Waals surface area contributed by atoms with Gasteiger partial charge in [0, 0.05) is 6.04 Å². The van der Waals surface area contributed by atoms with Gasteiger partial charge in [-0.3, -0.25) is 0 Å². The molecule has 2 nitrogen and oxygen atoms in total. The summed E-state index contributed by atoms with van der Waals surface area (Å²) < 4.78 is 0. The summed E-state index contributed by atoms with van der Waals surface area (Å²) in [5.41, 5.74) is 2.35. The van der Waals surface area contributed by atoms with Gasteiger partial charge in [-0.2, -0.15) is 0 Å². The van der Waals surface area contributed by atoms with Crippen LogP contribution >= 0.6 is 0 Å². The molecule has 1 saturated carbocycles. The third kappa shape index (κ3) is 1.66. The summed E-state index contributed by atoms with van der Waals surface area (Å²) in [4.78, 5) is 0. The van der Waals surface area contributed by atoms with E-state index in [1.54, 1.807) is 0 Å². The summed E-state index contributed by atoms with van der Waals surface area (Å²) in [5, 5.41) is 8.61. The molecule has 0 spiro atoms. The molecule has 0 bridgehead atoms.